The lowest BCUT2D eigenvalue weighted by Crippen LogP contribution is -2.20. The lowest BCUT2D eigenvalue weighted by atomic mass is 10.2. The van der Waals surface area contributed by atoms with Crippen LogP contribution in [0.25, 0.3) is 5.69 Å². The fourth-order valence-electron chi connectivity index (χ4n) is 2.36. The van der Waals surface area contributed by atoms with Crippen molar-refractivity contribution in [3.63, 3.8) is 0 Å². The second kappa shape index (κ2) is 7.59. The summed E-state index contributed by atoms with van der Waals surface area (Å²) in [4.78, 5) is 24.6. The van der Waals surface area contributed by atoms with Crippen LogP contribution in [-0.2, 0) is 0 Å². The van der Waals surface area contributed by atoms with Gasteiger partial charge in [0, 0.05) is 10.7 Å². The number of hydrazone groups is 1. The Balaban J connectivity index is 1.80. The van der Waals surface area contributed by atoms with Gasteiger partial charge in [-0.25, -0.2) is 10.1 Å². The molecule has 0 bridgehead atoms. The highest BCUT2D eigenvalue weighted by Crippen LogP contribution is 2.20. The normalized spacial score (nSPS) is 11.0. The maximum Gasteiger partial charge on any atom is 0.280 e. The molecule has 132 valence electrons. The molecular weight excluding hydrogens is 375 g/mol. The molecule has 0 aliphatic heterocycles. The first-order valence-corrected chi connectivity index (χ1v) is 8.38. The third-order valence-electron chi connectivity index (χ3n) is 3.67. The van der Waals surface area contributed by atoms with Crippen molar-refractivity contribution in [3.05, 3.63) is 85.8 Å². The maximum atomic E-state index is 12.5. The number of amides is 1. The number of aryl methyl sites for hydroxylation is 1. The molecule has 0 radical (unpaired) electrons. The van der Waals surface area contributed by atoms with Gasteiger partial charge in [-0.05, 0) is 37.3 Å². The summed E-state index contributed by atoms with van der Waals surface area (Å²) in [7, 11) is 0. The quantitative estimate of drug-likeness (QED) is 0.529. The number of rotatable bonds is 4. The first kappa shape index (κ1) is 18.0. The van der Waals surface area contributed by atoms with Gasteiger partial charge in [0.1, 0.15) is 0 Å². The van der Waals surface area contributed by atoms with E-state index >= 15 is 0 Å². The average molecular weight is 389 g/mol. The van der Waals surface area contributed by atoms with Crippen LogP contribution in [0.1, 0.15) is 21.6 Å². The Morgan fingerprint density at radius 3 is 2.62 bits per heavy atom. The molecule has 3 rings (SSSR count). The summed E-state index contributed by atoms with van der Waals surface area (Å²) in [5.74, 6) is -0.500. The van der Waals surface area contributed by atoms with Crippen LogP contribution >= 0.6 is 23.2 Å². The highest BCUT2D eigenvalue weighted by atomic mass is 35.5. The van der Waals surface area contributed by atoms with E-state index in [1.807, 2.05) is 30.3 Å². The minimum atomic E-state index is -0.500. The Hall–Kier alpha value is -2.83. The van der Waals surface area contributed by atoms with Crippen LogP contribution in [-0.4, -0.2) is 21.9 Å². The van der Waals surface area contributed by atoms with Crippen LogP contribution in [0, 0.1) is 6.92 Å². The SMILES string of the molecule is Cc1[nH]n(-c2ccccc2)c(=O)c1C=NNC(=O)c1ccc(Cl)cc1Cl. The Labute approximate surface area is 159 Å². The molecule has 0 saturated carbocycles. The van der Waals surface area contributed by atoms with Crippen LogP contribution in [0.4, 0.5) is 0 Å². The van der Waals surface area contributed by atoms with E-state index in [2.05, 4.69) is 15.6 Å². The zero-order valence-electron chi connectivity index (χ0n) is 13.7. The molecule has 0 aliphatic carbocycles. The second-order valence-corrected chi connectivity index (χ2v) is 6.29. The molecule has 0 aliphatic rings. The van der Waals surface area contributed by atoms with E-state index in [0.717, 1.165) is 0 Å². The van der Waals surface area contributed by atoms with Gasteiger partial charge in [0.05, 0.1) is 28.1 Å². The van der Waals surface area contributed by atoms with Crippen LogP contribution in [0.15, 0.2) is 58.4 Å². The van der Waals surface area contributed by atoms with E-state index in [9.17, 15) is 9.59 Å². The monoisotopic (exact) mass is 388 g/mol. The number of aromatic nitrogens is 2. The van der Waals surface area contributed by atoms with E-state index in [1.165, 1.54) is 23.0 Å². The second-order valence-electron chi connectivity index (χ2n) is 5.45. The third-order valence-corrected chi connectivity index (χ3v) is 4.21. The number of carbonyl (C=O) groups excluding carboxylic acids is 1. The highest BCUT2D eigenvalue weighted by Gasteiger charge is 2.12. The maximum absolute atomic E-state index is 12.5. The van der Waals surface area contributed by atoms with E-state index in [0.29, 0.717) is 22.0 Å². The molecule has 6 nitrogen and oxygen atoms in total. The van der Waals surface area contributed by atoms with Crippen molar-refractivity contribution in [1.82, 2.24) is 15.2 Å². The minimum absolute atomic E-state index is 0.217. The van der Waals surface area contributed by atoms with Gasteiger partial charge in [0.2, 0.25) is 0 Å². The molecule has 2 N–H and O–H groups in total. The van der Waals surface area contributed by atoms with Gasteiger partial charge >= 0.3 is 0 Å². The predicted octanol–water partition coefficient (Wildman–Crippen LogP) is 3.54. The number of aromatic amines is 1. The van der Waals surface area contributed by atoms with Crippen LogP contribution < -0.4 is 11.0 Å². The van der Waals surface area contributed by atoms with Crippen molar-refractivity contribution in [3.8, 4) is 5.69 Å². The van der Waals surface area contributed by atoms with Gasteiger partial charge in [-0.15, -0.1) is 0 Å². The van der Waals surface area contributed by atoms with Gasteiger partial charge in [-0.2, -0.15) is 5.10 Å². The fraction of sp³-hybridized carbons (Fsp3) is 0.0556. The molecule has 26 heavy (non-hydrogen) atoms. The summed E-state index contributed by atoms with van der Waals surface area (Å²) in [5.41, 5.74) is 4.00. The molecule has 8 heteroatoms. The molecule has 0 spiro atoms. The molecule has 0 fully saturated rings. The molecule has 0 unspecified atom stereocenters. The third kappa shape index (κ3) is 3.71. The first-order valence-electron chi connectivity index (χ1n) is 7.63. The zero-order valence-corrected chi connectivity index (χ0v) is 15.2. The van der Waals surface area contributed by atoms with Crippen LogP contribution in [0.2, 0.25) is 10.0 Å². The van der Waals surface area contributed by atoms with Crippen molar-refractivity contribution in [2.24, 2.45) is 5.10 Å². The molecule has 2 aromatic carbocycles. The van der Waals surface area contributed by atoms with Crippen molar-refractivity contribution in [2.45, 2.75) is 6.92 Å². The number of benzene rings is 2. The Kier molecular flexibility index (Phi) is 5.25. The van der Waals surface area contributed by atoms with Gasteiger partial charge in [0.25, 0.3) is 11.5 Å². The van der Waals surface area contributed by atoms with Gasteiger partial charge in [0.15, 0.2) is 0 Å². The Bertz CT molecular complexity index is 1040. The van der Waals surface area contributed by atoms with Crippen LogP contribution in [0.3, 0.4) is 0 Å². The number of hydrogen-bond donors (Lipinski definition) is 2. The molecule has 1 amide bonds. The first-order chi connectivity index (χ1) is 12.5. The Morgan fingerprint density at radius 2 is 1.92 bits per heavy atom. The van der Waals surface area contributed by atoms with E-state index < -0.39 is 5.91 Å². The number of para-hydroxylation sites is 1. The molecule has 1 aromatic heterocycles. The van der Waals surface area contributed by atoms with Crippen molar-refractivity contribution in [2.75, 3.05) is 0 Å². The summed E-state index contributed by atoms with van der Waals surface area (Å²) in [6, 6.07) is 13.7. The smallest absolute Gasteiger partial charge is 0.280 e. The predicted molar refractivity (Wildman–Crippen MR) is 103 cm³/mol. The topological polar surface area (TPSA) is 79.2 Å². The number of H-pyrrole nitrogens is 1. The van der Waals surface area contributed by atoms with Crippen molar-refractivity contribution in [1.29, 1.82) is 0 Å². The van der Waals surface area contributed by atoms with Gasteiger partial charge in [-0.1, -0.05) is 41.4 Å². The molecular formula is C18H14Cl2N4O2. The van der Waals surface area contributed by atoms with Crippen LogP contribution in [0.5, 0.6) is 0 Å². The number of nitrogens with zero attached hydrogens (tertiary/aromatic N) is 2. The van der Waals surface area contributed by atoms with E-state index in [-0.39, 0.29) is 16.1 Å². The largest absolute Gasteiger partial charge is 0.295 e. The van der Waals surface area contributed by atoms with Gasteiger partial charge < -0.3 is 0 Å². The minimum Gasteiger partial charge on any atom is -0.295 e. The lowest BCUT2D eigenvalue weighted by molar-refractivity contribution is 0.0955. The standard InChI is InChI=1S/C18H14Cl2N4O2/c1-11-15(18(26)24(23-11)13-5-3-2-4-6-13)10-21-22-17(25)14-8-7-12(19)9-16(14)20/h2-10,23H,1H3,(H,22,25). The number of hydrogen-bond acceptors (Lipinski definition) is 3. The molecule has 1 heterocycles. The highest BCUT2D eigenvalue weighted by molar-refractivity contribution is 6.36. The number of halogens is 2. The molecule has 3 aromatic rings. The molecule has 0 atom stereocenters. The van der Waals surface area contributed by atoms with Gasteiger partial charge in [-0.3, -0.25) is 14.7 Å². The fourth-order valence-corrected chi connectivity index (χ4v) is 2.85. The average Bonchev–Trinajstić information content (AvgIpc) is 2.90. The lowest BCUT2D eigenvalue weighted by Gasteiger charge is -2.02. The molecule has 0 saturated heterocycles. The Morgan fingerprint density at radius 1 is 1.19 bits per heavy atom. The summed E-state index contributed by atoms with van der Waals surface area (Å²) in [6.45, 7) is 1.75. The summed E-state index contributed by atoms with van der Waals surface area (Å²) < 4.78 is 1.41. The summed E-state index contributed by atoms with van der Waals surface area (Å²) in [5, 5.41) is 7.49. The van der Waals surface area contributed by atoms with E-state index in [4.69, 9.17) is 23.2 Å². The summed E-state index contributed by atoms with van der Waals surface area (Å²) >= 11 is 11.8. The number of carbonyl (C=O) groups is 1. The zero-order chi connectivity index (χ0) is 18.7. The van der Waals surface area contributed by atoms with Crippen molar-refractivity contribution >= 4 is 35.3 Å². The van der Waals surface area contributed by atoms with E-state index in [1.54, 1.807) is 13.0 Å². The summed E-state index contributed by atoms with van der Waals surface area (Å²) in [6.07, 6.45) is 1.30. The number of nitrogens with one attached hydrogen (secondary N) is 2. The van der Waals surface area contributed by atoms with Crippen molar-refractivity contribution < 1.29 is 4.79 Å².